The highest BCUT2D eigenvalue weighted by Crippen LogP contribution is 2.39. The van der Waals surface area contributed by atoms with Crippen molar-refractivity contribution in [3.63, 3.8) is 0 Å². The molecular formula is C26H23F4N3O5. The largest absolute Gasteiger partial charge is 0.497 e. The summed E-state index contributed by atoms with van der Waals surface area (Å²) in [6.45, 7) is -3.47. The number of anilines is 1. The number of benzene rings is 2. The molecule has 3 aromatic rings. The van der Waals surface area contributed by atoms with E-state index >= 15 is 8.78 Å². The summed E-state index contributed by atoms with van der Waals surface area (Å²) in [5, 5.41) is 2.58. The molecule has 1 aliphatic heterocycles. The van der Waals surface area contributed by atoms with Crippen molar-refractivity contribution in [3.05, 3.63) is 87.7 Å². The molecule has 2 atom stereocenters. The maximum atomic E-state index is 15.1. The quantitative estimate of drug-likeness (QED) is 0.448. The van der Waals surface area contributed by atoms with Gasteiger partial charge in [0.15, 0.2) is 0 Å². The number of amides is 2. The van der Waals surface area contributed by atoms with Crippen LogP contribution in [0, 0.1) is 17.6 Å². The van der Waals surface area contributed by atoms with Crippen LogP contribution in [0.4, 0.5) is 23.4 Å². The molecule has 38 heavy (non-hydrogen) atoms. The molecule has 1 unspecified atom stereocenters. The number of carbonyl (C=O) groups is 2. The van der Waals surface area contributed by atoms with Gasteiger partial charge in [0.2, 0.25) is 5.91 Å². The van der Waals surface area contributed by atoms with Crippen LogP contribution in [-0.4, -0.2) is 43.2 Å². The molecule has 12 heteroatoms. The van der Waals surface area contributed by atoms with E-state index in [0.29, 0.717) is 0 Å². The van der Waals surface area contributed by atoms with Gasteiger partial charge in [-0.25, -0.2) is 8.78 Å². The second-order valence-corrected chi connectivity index (χ2v) is 8.56. The van der Waals surface area contributed by atoms with Crippen LogP contribution >= 0.6 is 0 Å². The third kappa shape index (κ3) is 5.34. The first kappa shape index (κ1) is 26.7. The molecule has 0 spiro atoms. The van der Waals surface area contributed by atoms with E-state index in [9.17, 15) is 23.2 Å². The van der Waals surface area contributed by atoms with Crippen LogP contribution in [0.25, 0.3) is 0 Å². The normalized spacial score (nSPS) is 17.1. The number of rotatable bonds is 8. The van der Waals surface area contributed by atoms with Gasteiger partial charge in [-0.3, -0.25) is 23.9 Å². The number of ether oxygens (including phenoxy) is 2. The van der Waals surface area contributed by atoms with Gasteiger partial charge < -0.3 is 14.8 Å². The van der Waals surface area contributed by atoms with Crippen molar-refractivity contribution < 1.29 is 36.6 Å². The molecule has 2 aromatic carbocycles. The van der Waals surface area contributed by atoms with Crippen molar-refractivity contribution in [1.82, 2.24) is 9.88 Å². The van der Waals surface area contributed by atoms with E-state index in [1.807, 2.05) is 0 Å². The predicted molar refractivity (Wildman–Crippen MR) is 129 cm³/mol. The van der Waals surface area contributed by atoms with Crippen molar-refractivity contribution in [2.75, 3.05) is 25.1 Å². The van der Waals surface area contributed by atoms with Gasteiger partial charge in [0.05, 0.1) is 13.0 Å². The van der Waals surface area contributed by atoms with E-state index in [-0.39, 0.29) is 47.1 Å². The van der Waals surface area contributed by atoms with Crippen LogP contribution in [0.3, 0.4) is 0 Å². The molecular weight excluding hydrogens is 510 g/mol. The number of nitrogens with one attached hydrogen (secondary N) is 1. The lowest BCUT2D eigenvalue weighted by Gasteiger charge is -2.20. The molecule has 1 N–H and O–H groups in total. The topological polar surface area (TPSA) is 89.9 Å². The first-order valence-corrected chi connectivity index (χ1v) is 11.4. The zero-order chi connectivity index (χ0) is 27.6. The van der Waals surface area contributed by atoms with E-state index in [4.69, 9.17) is 4.74 Å². The van der Waals surface area contributed by atoms with Gasteiger partial charge in [0.1, 0.15) is 29.0 Å². The van der Waals surface area contributed by atoms with E-state index < -0.39 is 41.9 Å². The molecule has 200 valence electrons. The Morgan fingerprint density at radius 3 is 2.32 bits per heavy atom. The average molecular weight is 533 g/mol. The van der Waals surface area contributed by atoms with E-state index in [1.165, 1.54) is 66.1 Å². The second-order valence-electron chi connectivity index (χ2n) is 8.56. The van der Waals surface area contributed by atoms with Crippen LogP contribution in [-0.2, 0) is 11.8 Å². The molecule has 0 radical (unpaired) electrons. The molecule has 0 aliphatic carbocycles. The number of alkyl halides is 2. The summed E-state index contributed by atoms with van der Waals surface area (Å²) in [4.78, 5) is 39.6. The number of pyridine rings is 1. The van der Waals surface area contributed by atoms with Gasteiger partial charge in [-0.15, -0.1) is 0 Å². The summed E-state index contributed by atoms with van der Waals surface area (Å²) in [6, 6.07) is 11.2. The molecule has 1 fully saturated rings. The van der Waals surface area contributed by atoms with E-state index in [2.05, 4.69) is 10.1 Å². The van der Waals surface area contributed by atoms with Gasteiger partial charge in [-0.2, -0.15) is 8.78 Å². The van der Waals surface area contributed by atoms with Crippen LogP contribution in [0.5, 0.6) is 11.5 Å². The number of nitrogens with zero attached hydrogens (tertiary/aromatic N) is 2. The monoisotopic (exact) mass is 533 g/mol. The lowest BCUT2D eigenvalue weighted by atomic mass is 9.87. The fraction of sp³-hybridized carbons (Fsp3) is 0.269. The first-order chi connectivity index (χ1) is 18.1. The average Bonchev–Trinajstić information content (AvgIpc) is 3.19. The molecule has 2 amide bonds. The van der Waals surface area contributed by atoms with Crippen molar-refractivity contribution >= 4 is 17.6 Å². The number of carbonyl (C=O) groups excluding carboxylic acids is 2. The Hall–Kier alpha value is -4.35. The summed E-state index contributed by atoms with van der Waals surface area (Å²) >= 11 is 0. The van der Waals surface area contributed by atoms with Crippen LogP contribution < -0.4 is 25.2 Å². The molecule has 4 rings (SSSR count). The predicted octanol–water partition coefficient (Wildman–Crippen LogP) is 3.45. The molecule has 0 saturated carbocycles. The molecule has 0 bridgehead atoms. The zero-order valence-corrected chi connectivity index (χ0v) is 20.3. The maximum Gasteiger partial charge on any atom is 0.387 e. The highest BCUT2D eigenvalue weighted by atomic mass is 19.3. The third-order valence-corrected chi connectivity index (χ3v) is 6.37. The minimum Gasteiger partial charge on any atom is -0.497 e. The van der Waals surface area contributed by atoms with Crippen LogP contribution in [0.2, 0.25) is 0 Å². The number of methoxy groups -OCH3 is 1. The minimum atomic E-state index is -3.02. The molecule has 8 nitrogen and oxygen atoms in total. The Bertz CT molecular complexity index is 1390. The zero-order valence-electron chi connectivity index (χ0n) is 20.3. The van der Waals surface area contributed by atoms with Gasteiger partial charge in [0.25, 0.3) is 11.5 Å². The highest BCUT2D eigenvalue weighted by Gasteiger charge is 2.45. The lowest BCUT2D eigenvalue weighted by Crippen LogP contribution is -2.37. The Morgan fingerprint density at radius 1 is 1.05 bits per heavy atom. The Morgan fingerprint density at radius 2 is 1.71 bits per heavy atom. The van der Waals surface area contributed by atoms with E-state index in [0.717, 1.165) is 12.1 Å². The SMILES string of the molecule is COc1cc(F)c([C@@H]2CN(c3cccc(=O)n3C)C(=O)C2CNC(=O)c2ccc(OC(F)F)cc2)c(F)c1. The summed E-state index contributed by atoms with van der Waals surface area (Å²) in [7, 11) is 2.72. The highest BCUT2D eigenvalue weighted by molar-refractivity contribution is 5.99. The van der Waals surface area contributed by atoms with Crippen molar-refractivity contribution in [1.29, 1.82) is 0 Å². The molecule has 1 aliphatic rings. The van der Waals surface area contributed by atoms with Crippen molar-refractivity contribution in [2.24, 2.45) is 13.0 Å². The Labute approximate surface area is 214 Å². The van der Waals surface area contributed by atoms with Gasteiger partial charge in [0, 0.05) is 55.4 Å². The smallest absolute Gasteiger partial charge is 0.387 e. The lowest BCUT2D eigenvalue weighted by molar-refractivity contribution is -0.120. The van der Waals surface area contributed by atoms with Crippen molar-refractivity contribution in [3.8, 4) is 11.5 Å². The van der Waals surface area contributed by atoms with Crippen LogP contribution in [0.1, 0.15) is 21.8 Å². The number of hydrogen-bond donors (Lipinski definition) is 1. The fourth-order valence-electron chi connectivity index (χ4n) is 4.46. The summed E-state index contributed by atoms with van der Waals surface area (Å²) in [5.41, 5.74) is -0.641. The summed E-state index contributed by atoms with van der Waals surface area (Å²) < 4.78 is 65.3. The number of aromatic nitrogens is 1. The number of hydrogen-bond acceptors (Lipinski definition) is 5. The Kier molecular flexibility index (Phi) is 7.70. The second kappa shape index (κ2) is 11.0. The molecule has 1 aromatic heterocycles. The van der Waals surface area contributed by atoms with Crippen LogP contribution in [0.15, 0.2) is 59.4 Å². The third-order valence-electron chi connectivity index (χ3n) is 6.37. The Balaban J connectivity index is 1.63. The minimum absolute atomic E-state index is 0.0421. The molecule has 2 heterocycles. The van der Waals surface area contributed by atoms with Gasteiger partial charge in [-0.05, 0) is 30.3 Å². The fourth-order valence-corrected chi connectivity index (χ4v) is 4.46. The van der Waals surface area contributed by atoms with Gasteiger partial charge in [-0.1, -0.05) is 6.07 Å². The van der Waals surface area contributed by atoms with Crippen molar-refractivity contribution in [2.45, 2.75) is 12.5 Å². The van der Waals surface area contributed by atoms with E-state index in [1.54, 1.807) is 0 Å². The summed E-state index contributed by atoms with van der Waals surface area (Å²) in [6.07, 6.45) is 0. The first-order valence-electron chi connectivity index (χ1n) is 11.4. The number of halogens is 4. The summed E-state index contributed by atoms with van der Waals surface area (Å²) in [5.74, 6) is -5.10. The maximum absolute atomic E-state index is 15.1. The van der Waals surface area contributed by atoms with Gasteiger partial charge >= 0.3 is 6.61 Å². The molecule has 1 saturated heterocycles. The standard InChI is InChI=1S/C26H23F4N3O5/c1-32-21(4-3-5-22(32)34)33-13-18(23-19(27)10-16(37-2)11-20(23)28)17(25(33)36)12-31-24(35)14-6-8-15(9-7-14)38-26(29)30/h3-11,17-18,26H,12-13H2,1-2H3,(H,31,35)/t17?,18-/m1/s1.